The Morgan fingerprint density at radius 2 is 1.72 bits per heavy atom. The van der Waals surface area contributed by atoms with Crippen LogP contribution >= 0.6 is 23.2 Å². The quantitative estimate of drug-likeness (QED) is 0.567. The van der Waals surface area contributed by atoms with Crippen LogP contribution in [0.1, 0.15) is 0 Å². The van der Waals surface area contributed by atoms with Crippen molar-refractivity contribution >= 4 is 55.2 Å². The van der Waals surface area contributed by atoms with Gasteiger partial charge in [0.1, 0.15) is 11.4 Å². The molecule has 0 radical (unpaired) electrons. The second-order valence-corrected chi connectivity index (χ2v) is 7.11. The second-order valence-electron chi connectivity index (χ2n) is 4.25. The van der Waals surface area contributed by atoms with Gasteiger partial charge in [-0.05, 0) is 30.3 Å². The van der Waals surface area contributed by atoms with Crippen LogP contribution in [0.4, 0.5) is 11.4 Å². The van der Waals surface area contributed by atoms with E-state index < -0.39 is 25.5 Å². The lowest BCUT2D eigenvalue weighted by atomic mass is 10.3. The minimum Gasteiger partial charge on any atom is -0.494 e. The van der Waals surface area contributed by atoms with Gasteiger partial charge in [0.2, 0.25) is 0 Å². The zero-order valence-corrected chi connectivity index (χ0v) is 15.7. The average molecular weight is 427 g/mol. The molecule has 0 unspecified atom stereocenters. The van der Waals surface area contributed by atoms with Crippen LogP contribution in [0.25, 0.3) is 0 Å². The summed E-state index contributed by atoms with van der Waals surface area (Å²) in [7, 11) is -5.87. The predicted octanol–water partition coefficient (Wildman–Crippen LogP) is 3.21. The third-order valence-electron chi connectivity index (χ3n) is 2.62. The second kappa shape index (κ2) is 9.02. The van der Waals surface area contributed by atoms with E-state index >= 15 is 0 Å². The topological polar surface area (TPSA) is 136 Å². The van der Waals surface area contributed by atoms with Crippen LogP contribution in [0.2, 0.25) is 10.0 Å². The molecule has 12 heteroatoms. The summed E-state index contributed by atoms with van der Waals surface area (Å²) in [5.41, 5.74) is 5.66. The average Bonchev–Trinajstić information content (AvgIpc) is 2.51. The van der Waals surface area contributed by atoms with Gasteiger partial charge in [0.15, 0.2) is 0 Å². The van der Waals surface area contributed by atoms with Crippen LogP contribution in [0.3, 0.4) is 0 Å². The number of ether oxygens (including phenoxy) is 1. The number of nitrogens with two attached hydrogens (primary N) is 1. The molecule has 3 N–H and O–H groups in total. The first-order chi connectivity index (χ1) is 11.6. The van der Waals surface area contributed by atoms with Gasteiger partial charge in [0, 0.05) is 0 Å². The van der Waals surface area contributed by atoms with Gasteiger partial charge in [-0.2, -0.15) is 16.8 Å². The molecule has 0 bridgehead atoms. The summed E-state index contributed by atoms with van der Waals surface area (Å²) in [6.07, 6.45) is 0. The summed E-state index contributed by atoms with van der Waals surface area (Å²) < 4.78 is 58.9. The van der Waals surface area contributed by atoms with Crippen LogP contribution in [0.5, 0.6) is 5.75 Å². The van der Waals surface area contributed by atoms with Gasteiger partial charge in [-0.3, -0.25) is 4.55 Å². The van der Waals surface area contributed by atoms with Crippen molar-refractivity contribution in [2.24, 2.45) is 4.36 Å². The van der Waals surface area contributed by atoms with Crippen molar-refractivity contribution in [2.75, 3.05) is 12.8 Å². The fourth-order valence-electron chi connectivity index (χ4n) is 1.49. The van der Waals surface area contributed by atoms with E-state index in [1.165, 1.54) is 13.2 Å². The molecular weight excluding hydrogens is 415 g/mol. The van der Waals surface area contributed by atoms with Crippen LogP contribution in [-0.2, 0) is 20.6 Å². The number of para-hydroxylation sites is 1. The van der Waals surface area contributed by atoms with E-state index in [4.69, 9.17) is 38.2 Å². The standard InChI is InChI=1S/C7H7NO6S2.C6H5Cl2N/c1-14-7-3-2-5(16(11,12)13)4-6(7)8-15(9)10;7-4-2-1-3-5(8)6(4)9/h2-4H,1H3,(H,11,12,13);1-3H,9H2. The van der Waals surface area contributed by atoms with Gasteiger partial charge in [-0.15, -0.1) is 4.36 Å². The third kappa shape index (κ3) is 6.52. The summed E-state index contributed by atoms with van der Waals surface area (Å²) in [6.45, 7) is 0. The Morgan fingerprint density at radius 3 is 2.12 bits per heavy atom. The third-order valence-corrected chi connectivity index (χ3v) is 4.48. The number of anilines is 1. The number of halogens is 2. The zero-order valence-electron chi connectivity index (χ0n) is 12.5. The number of hydrogen-bond acceptors (Lipinski definition) is 7. The van der Waals surface area contributed by atoms with E-state index in [0.29, 0.717) is 15.7 Å². The molecule has 0 aliphatic carbocycles. The number of nitrogens with zero attached hydrogens (tertiary/aromatic N) is 1. The summed E-state index contributed by atoms with van der Waals surface area (Å²) in [5.74, 6) is 0.0802. The van der Waals surface area contributed by atoms with Crippen molar-refractivity contribution in [1.82, 2.24) is 0 Å². The Hall–Kier alpha value is -1.85. The largest absolute Gasteiger partial charge is 0.494 e. The molecule has 0 saturated carbocycles. The van der Waals surface area contributed by atoms with Crippen molar-refractivity contribution in [2.45, 2.75) is 4.90 Å². The number of nitrogen functional groups attached to an aromatic ring is 1. The molecule has 0 aliphatic rings. The minimum absolute atomic E-state index is 0.0802. The maximum Gasteiger partial charge on any atom is 0.316 e. The van der Waals surface area contributed by atoms with Crippen LogP contribution < -0.4 is 10.5 Å². The lowest BCUT2D eigenvalue weighted by molar-refractivity contribution is 0.415. The molecule has 25 heavy (non-hydrogen) atoms. The van der Waals surface area contributed by atoms with E-state index in [2.05, 4.69) is 4.36 Å². The molecule has 0 aliphatic heterocycles. The van der Waals surface area contributed by atoms with E-state index in [0.717, 1.165) is 12.1 Å². The summed E-state index contributed by atoms with van der Waals surface area (Å²) in [6, 6.07) is 8.30. The van der Waals surface area contributed by atoms with Gasteiger partial charge in [-0.25, -0.2) is 0 Å². The maximum absolute atomic E-state index is 10.8. The first-order valence-corrected chi connectivity index (χ1v) is 9.45. The predicted molar refractivity (Wildman–Crippen MR) is 94.7 cm³/mol. The Kier molecular flexibility index (Phi) is 7.64. The Bertz CT molecular complexity index is 979. The Labute approximate surface area is 155 Å². The zero-order chi connectivity index (χ0) is 19.2. The van der Waals surface area contributed by atoms with Gasteiger partial charge in [-0.1, -0.05) is 29.3 Å². The first kappa shape index (κ1) is 21.2. The molecule has 0 heterocycles. The number of rotatable bonds is 3. The van der Waals surface area contributed by atoms with Crippen molar-refractivity contribution in [1.29, 1.82) is 0 Å². The molecule has 8 nitrogen and oxygen atoms in total. The maximum atomic E-state index is 10.8. The molecule has 0 fully saturated rings. The summed E-state index contributed by atoms with van der Waals surface area (Å²) in [4.78, 5) is -0.461. The van der Waals surface area contributed by atoms with Crippen molar-refractivity contribution in [3.05, 3.63) is 46.4 Å². The highest BCUT2D eigenvalue weighted by atomic mass is 35.5. The Balaban J connectivity index is 0.000000293. The van der Waals surface area contributed by atoms with Gasteiger partial charge >= 0.3 is 10.5 Å². The van der Waals surface area contributed by atoms with E-state index in [-0.39, 0.29) is 11.4 Å². The van der Waals surface area contributed by atoms with E-state index in [1.54, 1.807) is 18.2 Å². The normalized spacial score (nSPS) is 10.4. The fraction of sp³-hybridized carbons (Fsp3) is 0.0769. The lowest BCUT2D eigenvalue weighted by Crippen LogP contribution is -1.97. The van der Waals surface area contributed by atoms with Crippen molar-refractivity contribution < 1.29 is 26.1 Å². The number of methoxy groups -OCH3 is 1. The highest BCUT2D eigenvalue weighted by Gasteiger charge is 2.13. The molecule has 136 valence electrons. The molecular formula is C13H12Cl2N2O6S2. The molecule has 0 spiro atoms. The summed E-state index contributed by atoms with van der Waals surface area (Å²) >= 11 is 11.2. The molecule has 2 aromatic rings. The molecule has 0 saturated heterocycles. The highest BCUT2D eigenvalue weighted by molar-refractivity contribution is 7.85. The number of hydrogen-bond donors (Lipinski definition) is 2. The monoisotopic (exact) mass is 426 g/mol. The molecule has 0 atom stereocenters. The van der Waals surface area contributed by atoms with Gasteiger partial charge < -0.3 is 10.5 Å². The van der Waals surface area contributed by atoms with Crippen LogP contribution in [-0.4, -0.2) is 28.5 Å². The lowest BCUT2D eigenvalue weighted by Gasteiger charge is -2.03. The molecule has 0 aromatic heterocycles. The fourth-order valence-corrected chi connectivity index (χ4v) is 2.69. The first-order valence-electron chi connectivity index (χ1n) is 6.22. The van der Waals surface area contributed by atoms with Crippen LogP contribution in [0.15, 0.2) is 45.7 Å². The Morgan fingerprint density at radius 1 is 1.16 bits per heavy atom. The van der Waals surface area contributed by atoms with E-state index in [9.17, 15) is 16.8 Å². The summed E-state index contributed by atoms with van der Waals surface area (Å²) in [5, 5.41) is 1.00. The minimum atomic E-state index is -4.40. The molecule has 0 amide bonds. The highest BCUT2D eigenvalue weighted by Crippen LogP contribution is 2.29. The van der Waals surface area contributed by atoms with Crippen molar-refractivity contribution in [3.63, 3.8) is 0 Å². The SMILES string of the molecule is COc1ccc(S(=O)(=O)O)cc1N=S(=O)=O.Nc1c(Cl)cccc1Cl. The van der Waals surface area contributed by atoms with Crippen molar-refractivity contribution in [3.8, 4) is 5.75 Å². The van der Waals surface area contributed by atoms with Gasteiger partial charge in [0.05, 0.1) is 27.7 Å². The van der Waals surface area contributed by atoms with Gasteiger partial charge in [0.25, 0.3) is 10.1 Å². The van der Waals surface area contributed by atoms with E-state index in [1.807, 2.05) is 0 Å². The molecule has 2 rings (SSSR count). The molecule has 2 aromatic carbocycles. The smallest absolute Gasteiger partial charge is 0.316 e. The van der Waals surface area contributed by atoms with Crippen LogP contribution in [0, 0.1) is 0 Å². The number of benzene rings is 2.